The molecular formula is C7H8Cl2O4. The van der Waals surface area contributed by atoms with E-state index in [-0.39, 0.29) is 6.61 Å². The van der Waals surface area contributed by atoms with E-state index in [9.17, 15) is 9.59 Å². The van der Waals surface area contributed by atoms with Crippen LogP contribution in [0.15, 0.2) is 0 Å². The van der Waals surface area contributed by atoms with Crippen LogP contribution < -0.4 is 0 Å². The number of epoxide rings is 1. The van der Waals surface area contributed by atoms with Gasteiger partial charge >= 0.3 is 5.97 Å². The van der Waals surface area contributed by atoms with E-state index in [4.69, 9.17) is 27.9 Å². The Balaban J connectivity index is 2.83. The first-order valence-corrected chi connectivity index (χ1v) is 4.25. The fraction of sp³-hybridized carbons (Fsp3) is 0.714. The highest BCUT2D eigenvalue weighted by Crippen LogP contribution is 2.37. The topological polar surface area (TPSA) is 55.9 Å². The van der Waals surface area contributed by atoms with Crippen LogP contribution in [0.4, 0.5) is 0 Å². The first-order valence-electron chi connectivity index (χ1n) is 3.49. The summed E-state index contributed by atoms with van der Waals surface area (Å²) in [6.07, 6.45) is 0. The quantitative estimate of drug-likeness (QED) is 0.308. The lowest BCUT2D eigenvalue weighted by Gasteiger charge is -2.15. The summed E-state index contributed by atoms with van der Waals surface area (Å²) >= 11 is 11.1. The van der Waals surface area contributed by atoms with E-state index < -0.39 is 21.7 Å². The standard InChI is InChI=1S/C7H8Cl2O4/c1-6(8,9)4(10)7(3-13-7)5(11)12-2/h3H2,1-2H3. The monoisotopic (exact) mass is 226 g/mol. The van der Waals surface area contributed by atoms with E-state index >= 15 is 0 Å². The Hall–Kier alpha value is -0.320. The van der Waals surface area contributed by atoms with E-state index in [1.54, 1.807) is 0 Å². The molecule has 74 valence electrons. The fourth-order valence-corrected chi connectivity index (χ4v) is 1.24. The molecule has 0 aromatic carbocycles. The van der Waals surface area contributed by atoms with Gasteiger partial charge in [0.1, 0.15) is 0 Å². The van der Waals surface area contributed by atoms with E-state index in [1.165, 1.54) is 14.0 Å². The van der Waals surface area contributed by atoms with Crippen LogP contribution in [-0.2, 0) is 19.1 Å². The molecule has 6 heteroatoms. The van der Waals surface area contributed by atoms with Crippen LogP contribution in [0.25, 0.3) is 0 Å². The summed E-state index contributed by atoms with van der Waals surface area (Å²) in [6.45, 7) is 1.26. The van der Waals surface area contributed by atoms with Crippen molar-refractivity contribution < 1.29 is 19.1 Å². The summed E-state index contributed by atoms with van der Waals surface area (Å²) in [6, 6.07) is 0. The number of rotatable bonds is 3. The molecule has 13 heavy (non-hydrogen) atoms. The van der Waals surface area contributed by atoms with Gasteiger partial charge in [-0.2, -0.15) is 0 Å². The Bertz CT molecular complexity index is 252. The van der Waals surface area contributed by atoms with Crippen molar-refractivity contribution in [2.45, 2.75) is 16.9 Å². The van der Waals surface area contributed by atoms with Crippen LogP contribution in [0, 0.1) is 0 Å². The van der Waals surface area contributed by atoms with E-state index in [1.807, 2.05) is 0 Å². The zero-order valence-corrected chi connectivity index (χ0v) is 8.61. The van der Waals surface area contributed by atoms with Crippen molar-refractivity contribution in [1.29, 1.82) is 0 Å². The van der Waals surface area contributed by atoms with Crippen molar-refractivity contribution in [3.8, 4) is 0 Å². The molecule has 1 rings (SSSR count). The molecule has 0 spiro atoms. The van der Waals surface area contributed by atoms with Gasteiger partial charge in [-0.05, 0) is 6.92 Å². The Morgan fingerprint density at radius 3 is 2.23 bits per heavy atom. The van der Waals surface area contributed by atoms with Crippen molar-refractivity contribution in [1.82, 2.24) is 0 Å². The van der Waals surface area contributed by atoms with Crippen LogP contribution in [-0.4, -0.2) is 35.4 Å². The predicted octanol–water partition coefficient (Wildman–Crippen LogP) is 0.691. The SMILES string of the molecule is COC(=O)C1(C(=O)C(C)(Cl)Cl)CO1. The fourth-order valence-electron chi connectivity index (χ4n) is 0.933. The average Bonchev–Trinajstić information content (AvgIpc) is 2.80. The van der Waals surface area contributed by atoms with E-state index in [0.717, 1.165) is 0 Å². The van der Waals surface area contributed by atoms with Crippen molar-refractivity contribution in [2.75, 3.05) is 13.7 Å². The molecule has 1 aliphatic heterocycles. The van der Waals surface area contributed by atoms with Gasteiger partial charge in [0.05, 0.1) is 13.7 Å². The summed E-state index contributed by atoms with van der Waals surface area (Å²) in [4.78, 5) is 22.6. The number of carbonyl (C=O) groups excluding carboxylic acids is 2. The summed E-state index contributed by atoms with van der Waals surface area (Å²) in [5.41, 5.74) is -1.56. The van der Waals surface area contributed by atoms with Gasteiger partial charge in [0.2, 0.25) is 11.4 Å². The molecule has 0 amide bonds. The van der Waals surface area contributed by atoms with Gasteiger partial charge in [-0.3, -0.25) is 4.79 Å². The number of alkyl halides is 2. The Morgan fingerprint density at radius 2 is 2.00 bits per heavy atom. The van der Waals surface area contributed by atoms with Crippen LogP contribution in [0.1, 0.15) is 6.92 Å². The highest BCUT2D eigenvalue weighted by molar-refractivity contribution is 6.59. The Morgan fingerprint density at radius 1 is 1.54 bits per heavy atom. The minimum Gasteiger partial charge on any atom is -0.466 e. The van der Waals surface area contributed by atoms with Crippen molar-refractivity contribution in [3.05, 3.63) is 0 Å². The number of hydrogen-bond acceptors (Lipinski definition) is 4. The minimum atomic E-state index is -1.63. The molecule has 1 fully saturated rings. The van der Waals surface area contributed by atoms with E-state index in [0.29, 0.717) is 0 Å². The number of methoxy groups -OCH3 is 1. The van der Waals surface area contributed by atoms with Gasteiger partial charge in [-0.25, -0.2) is 4.79 Å². The highest BCUT2D eigenvalue weighted by atomic mass is 35.5. The molecule has 0 saturated carbocycles. The van der Waals surface area contributed by atoms with Gasteiger partial charge in [0.25, 0.3) is 0 Å². The number of esters is 1. The van der Waals surface area contributed by atoms with Gasteiger partial charge in [-0.15, -0.1) is 0 Å². The third kappa shape index (κ3) is 1.80. The van der Waals surface area contributed by atoms with Crippen LogP contribution in [0.2, 0.25) is 0 Å². The van der Waals surface area contributed by atoms with Crippen LogP contribution >= 0.6 is 23.2 Å². The molecule has 0 bridgehead atoms. The summed E-state index contributed by atoms with van der Waals surface area (Å²) < 4.78 is 7.50. The van der Waals surface area contributed by atoms with Gasteiger partial charge < -0.3 is 9.47 Å². The maximum absolute atomic E-state index is 11.5. The zero-order valence-electron chi connectivity index (χ0n) is 7.10. The first kappa shape index (κ1) is 10.8. The molecule has 1 saturated heterocycles. The molecule has 0 aliphatic carbocycles. The molecule has 4 nitrogen and oxygen atoms in total. The third-order valence-corrected chi connectivity index (χ3v) is 2.06. The van der Waals surface area contributed by atoms with Crippen LogP contribution in [0.5, 0.6) is 0 Å². The van der Waals surface area contributed by atoms with Gasteiger partial charge in [0.15, 0.2) is 4.33 Å². The number of Topliss-reactive ketones (excluding diaryl/α,β-unsaturated/α-hetero) is 1. The maximum Gasteiger partial charge on any atom is 0.348 e. The van der Waals surface area contributed by atoms with Crippen LogP contribution in [0.3, 0.4) is 0 Å². The van der Waals surface area contributed by atoms with Crippen molar-refractivity contribution in [2.24, 2.45) is 0 Å². The number of ether oxygens (including phenoxy) is 2. The molecule has 1 atom stereocenters. The summed E-state index contributed by atoms with van der Waals surface area (Å²) in [5, 5.41) is 0. The summed E-state index contributed by atoms with van der Waals surface area (Å²) in [5.74, 6) is -1.44. The zero-order chi connectivity index (χ0) is 10.3. The lowest BCUT2D eigenvalue weighted by molar-refractivity contribution is -0.151. The second-order valence-corrected chi connectivity index (χ2v) is 4.53. The second-order valence-electron chi connectivity index (χ2n) is 2.82. The summed E-state index contributed by atoms with van der Waals surface area (Å²) in [7, 11) is 1.17. The molecule has 1 heterocycles. The van der Waals surface area contributed by atoms with Crippen molar-refractivity contribution in [3.63, 3.8) is 0 Å². The molecular weight excluding hydrogens is 219 g/mol. The lowest BCUT2D eigenvalue weighted by Crippen LogP contribution is -2.43. The molecule has 0 radical (unpaired) electrons. The largest absolute Gasteiger partial charge is 0.466 e. The Labute approximate surface area is 85.1 Å². The second kappa shape index (κ2) is 3.12. The molecule has 0 aromatic rings. The number of ketones is 1. The average molecular weight is 227 g/mol. The first-order chi connectivity index (χ1) is 5.84. The predicted molar refractivity (Wildman–Crippen MR) is 45.8 cm³/mol. The lowest BCUT2D eigenvalue weighted by atomic mass is 10.0. The molecule has 0 N–H and O–H groups in total. The number of halogens is 2. The molecule has 1 aliphatic rings. The Kier molecular flexibility index (Phi) is 2.58. The van der Waals surface area contributed by atoms with Gasteiger partial charge in [0, 0.05) is 0 Å². The normalized spacial score (nSPS) is 26.8. The van der Waals surface area contributed by atoms with Gasteiger partial charge in [-0.1, -0.05) is 23.2 Å². The third-order valence-electron chi connectivity index (χ3n) is 1.71. The number of hydrogen-bond donors (Lipinski definition) is 0. The minimum absolute atomic E-state index is 0.0203. The molecule has 0 aromatic heterocycles. The highest BCUT2D eigenvalue weighted by Gasteiger charge is 2.64. The maximum atomic E-state index is 11.5. The van der Waals surface area contributed by atoms with E-state index in [2.05, 4.69) is 4.74 Å². The smallest absolute Gasteiger partial charge is 0.348 e. The van der Waals surface area contributed by atoms with Crippen molar-refractivity contribution >= 4 is 35.0 Å². The molecule has 1 unspecified atom stereocenters. The number of carbonyl (C=O) groups is 2.